The van der Waals surface area contributed by atoms with Crippen molar-refractivity contribution in [2.24, 2.45) is 0 Å². The van der Waals surface area contributed by atoms with Gasteiger partial charge in [0.25, 0.3) is 0 Å². The first kappa shape index (κ1) is 13.4. The zero-order chi connectivity index (χ0) is 14.8. The maximum Gasteiger partial charge on any atom is 0.247 e. The highest BCUT2D eigenvalue weighted by molar-refractivity contribution is 5.64. The Balaban J connectivity index is 1.84. The van der Waals surface area contributed by atoms with E-state index in [0.29, 0.717) is 5.89 Å². The number of aryl methyl sites for hydroxylation is 3. The van der Waals surface area contributed by atoms with Gasteiger partial charge in [0.05, 0.1) is 5.69 Å². The van der Waals surface area contributed by atoms with Gasteiger partial charge in [-0.05, 0) is 38.5 Å². The van der Waals surface area contributed by atoms with Crippen LogP contribution in [0.4, 0.5) is 5.69 Å². The second-order valence-corrected chi connectivity index (χ2v) is 5.04. The van der Waals surface area contributed by atoms with E-state index in [1.54, 1.807) is 0 Å². The molecule has 6 nitrogen and oxygen atoms in total. The quantitative estimate of drug-likeness (QED) is 0.769. The van der Waals surface area contributed by atoms with Crippen molar-refractivity contribution in [3.8, 4) is 11.5 Å². The average Bonchev–Trinajstić information content (AvgIpc) is 3.10. The van der Waals surface area contributed by atoms with Crippen LogP contribution in [0.3, 0.4) is 0 Å². The molecule has 0 atom stereocenters. The van der Waals surface area contributed by atoms with Crippen molar-refractivity contribution in [1.29, 1.82) is 0 Å². The van der Waals surface area contributed by atoms with Gasteiger partial charge in [0, 0.05) is 29.1 Å². The van der Waals surface area contributed by atoms with E-state index >= 15 is 0 Å². The summed E-state index contributed by atoms with van der Waals surface area (Å²) in [5.74, 6) is 0.522. The Morgan fingerprint density at radius 2 is 2.10 bits per heavy atom. The highest BCUT2D eigenvalue weighted by Crippen LogP contribution is 2.24. The highest BCUT2D eigenvalue weighted by atomic mass is 16.4. The van der Waals surface area contributed by atoms with Crippen molar-refractivity contribution in [1.82, 2.24) is 20.4 Å². The minimum absolute atomic E-state index is 0.522. The molecular weight excluding hydrogens is 266 g/mol. The first-order valence-corrected chi connectivity index (χ1v) is 6.76. The lowest BCUT2D eigenvalue weighted by Crippen LogP contribution is -2.03. The van der Waals surface area contributed by atoms with E-state index in [9.17, 15) is 0 Å². The molecule has 0 spiro atoms. The maximum absolute atomic E-state index is 5.24. The molecule has 2 aromatic heterocycles. The third-order valence-corrected chi connectivity index (χ3v) is 3.58. The standard InChI is InChI=1S/C15H17N5O/c1-9-4-5-12(15-20-17-8-21-15)6-14(9)16-7-13-10(2)18-19-11(13)3/h4-6,8,16H,7H2,1-3H3,(H,18,19). The smallest absolute Gasteiger partial charge is 0.247 e. The lowest BCUT2D eigenvalue weighted by atomic mass is 10.1. The van der Waals surface area contributed by atoms with Gasteiger partial charge in [0.1, 0.15) is 0 Å². The number of benzene rings is 1. The van der Waals surface area contributed by atoms with Gasteiger partial charge in [0.15, 0.2) is 0 Å². The molecule has 0 aliphatic carbocycles. The van der Waals surface area contributed by atoms with Gasteiger partial charge in [-0.25, -0.2) is 0 Å². The molecule has 0 saturated heterocycles. The monoisotopic (exact) mass is 283 g/mol. The van der Waals surface area contributed by atoms with Crippen molar-refractivity contribution < 1.29 is 4.42 Å². The van der Waals surface area contributed by atoms with Crippen LogP contribution in [-0.4, -0.2) is 20.4 Å². The van der Waals surface area contributed by atoms with Gasteiger partial charge in [-0.2, -0.15) is 5.10 Å². The van der Waals surface area contributed by atoms with E-state index < -0.39 is 0 Å². The number of rotatable bonds is 4. The second-order valence-electron chi connectivity index (χ2n) is 5.04. The summed E-state index contributed by atoms with van der Waals surface area (Å²) in [6.07, 6.45) is 1.33. The number of H-pyrrole nitrogens is 1. The minimum atomic E-state index is 0.522. The molecule has 0 radical (unpaired) electrons. The summed E-state index contributed by atoms with van der Waals surface area (Å²) < 4.78 is 5.24. The molecule has 0 fully saturated rings. The molecule has 3 rings (SSSR count). The van der Waals surface area contributed by atoms with Crippen LogP contribution in [0.2, 0.25) is 0 Å². The molecule has 2 heterocycles. The Labute approximate surface area is 122 Å². The Morgan fingerprint density at radius 1 is 1.24 bits per heavy atom. The fourth-order valence-corrected chi connectivity index (χ4v) is 2.26. The molecular formula is C15H17N5O. The third-order valence-electron chi connectivity index (χ3n) is 3.58. The predicted octanol–water partition coefficient (Wildman–Crippen LogP) is 3.00. The number of aromatic amines is 1. The van der Waals surface area contributed by atoms with Gasteiger partial charge in [0.2, 0.25) is 12.3 Å². The van der Waals surface area contributed by atoms with E-state index in [-0.39, 0.29) is 0 Å². The molecule has 1 aromatic carbocycles. The molecule has 0 amide bonds. The summed E-state index contributed by atoms with van der Waals surface area (Å²) in [6, 6.07) is 6.03. The van der Waals surface area contributed by atoms with Crippen LogP contribution in [0.5, 0.6) is 0 Å². The number of hydrogen-bond acceptors (Lipinski definition) is 5. The van der Waals surface area contributed by atoms with Crippen LogP contribution >= 0.6 is 0 Å². The molecule has 21 heavy (non-hydrogen) atoms. The zero-order valence-corrected chi connectivity index (χ0v) is 12.3. The maximum atomic E-state index is 5.24. The van der Waals surface area contributed by atoms with Crippen LogP contribution in [-0.2, 0) is 6.54 Å². The van der Waals surface area contributed by atoms with Crippen LogP contribution < -0.4 is 5.32 Å². The van der Waals surface area contributed by atoms with Crippen molar-refractivity contribution in [3.63, 3.8) is 0 Å². The van der Waals surface area contributed by atoms with E-state index in [0.717, 1.165) is 34.7 Å². The molecule has 0 unspecified atom stereocenters. The lowest BCUT2D eigenvalue weighted by Gasteiger charge is -2.11. The van der Waals surface area contributed by atoms with E-state index in [2.05, 4.69) is 32.6 Å². The lowest BCUT2D eigenvalue weighted by molar-refractivity contribution is 0.568. The minimum Gasteiger partial charge on any atom is -0.423 e. The Bertz CT molecular complexity index is 726. The van der Waals surface area contributed by atoms with Gasteiger partial charge < -0.3 is 9.73 Å². The van der Waals surface area contributed by atoms with Crippen molar-refractivity contribution in [3.05, 3.63) is 47.1 Å². The van der Waals surface area contributed by atoms with E-state index in [1.165, 1.54) is 12.0 Å². The molecule has 0 aliphatic heterocycles. The fraction of sp³-hybridized carbons (Fsp3) is 0.267. The Morgan fingerprint density at radius 3 is 2.76 bits per heavy atom. The molecule has 2 N–H and O–H groups in total. The number of nitrogens with one attached hydrogen (secondary N) is 2. The fourth-order valence-electron chi connectivity index (χ4n) is 2.26. The number of nitrogens with zero attached hydrogens (tertiary/aromatic N) is 3. The van der Waals surface area contributed by atoms with Gasteiger partial charge in [-0.15, -0.1) is 10.2 Å². The van der Waals surface area contributed by atoms with Crippen molar-refractivity contribution in [2.75, 3.05) is 5.32 Å². The third kappa shape index (κ3) is 2.65. The predicted molar refractivity (Wildman–Crippen MR) is 79.9 cm³/mol. The first-order chi connectivity index (χ1) is 10.1. The number of hydrogen-bond donors (Lipinski definition) is 2. The first-order valence-electron chi connectivity index (χ1n) is 6.76. The van der Waals surface area contributed by atoms with Crippen molar-refractivity contribution >= 4 is 5.69 Å². The molecule has 3 aromatic rings. The molecule has 0 saturated carbocycles. The molecule has 0 bridgehead atoms. The summed E-state index contributed by atoms with van der Waals surface area (Å²) >= 11 is 0. The van der Waals surface area contributed by atoms with Crippen LogP contribution in [0.25, 0.3) is 11.5 Å². The summed E-state index contributed by atoms with van der Waals surface area (Å²) in [6.45, 7) is 6.82. The summed E-state index contributed by atoms with van der Waals surface area (Å²) in [7, 11) is 0. The summed E-state index contributed by atoms with van der Waals surface area (Å²) in [4.78, 5) is 0. The Kier molecular flexibility index (Phi) is 3.43. The van der Waals surface area contributed by atoms with Crippen molar-refractivity contribution in [2.45, 2.75) is 27.3 Å². The summed E-state index contributed by atoms with van der Waals surface area (Å²) in [5, 5.41) is 18.3. The van der Waals surface area contributed by atoms with Gasteiger partial charge in [-0.3, -0.25) is 5.10 Å². The summed E-state index contributed by atoms with van der Waals surface area (Å²) in [5.41, 5.74) is 6.41. The van der Waals surface area contributed by atoms with Gasteiger partial charge in [-0.1, -0.05) is 6.07 Å². The number of aromatic nitrogens is 4. The van der Waals surface area contributed by atoms with Crippen LogP contribution in [0, 0.1) is 20.8 Å². The number of anilines is 1. The average molecular weight is 283 g/mol. The largest absolute Gasteiger partial charge is 0.423 e. The van der Waals surface area contributed by atoms with E-state index in [1.807, 2.05) is 32.0 Å². The molecule has 0 aliphatic rings. The normalized spacial score (nSPS) is 10.8. The molecule has 108 valence electrons. The zero-order valence-electron chi connectivity index (χ0n) is 12.3. The van der Waals surface area contributed by atoms with Crippen LogP contribution in [0.15, 0.2) is 29.0 Å². The SMILES string of the molecule is Cc1ccc(-c2nnco2)cc1NCc1c(C)n[nH]c1C. The topological polar surface area (TPSA) is 79.6 Å². The van der Waals surface area contributed by atoms with Gasteiger partial charge >= 0.3 is 0 Å². The van der Waals surface area contributed by atoms with Crippen LogP contribution in [0.1, 0.15) is 22.5 Å². The molecule has 6 heteroatoms. The Hall–Kier alpha value is -2.63. The second kappa shape index (κ2) is 5.40. The van der Waals surface area contributed by atoms with E-state index in [4.69, 9.17) is 4.42 Å². The highest BCUT2D eigenvalue weighted by Gasteiger charge is 2.09.